The highest BCUT2D eigenvalue weighted by Crippen LogP contribution is 2.32. The van der Waals surface area contributed by atoms with Crippen LogP contribution in [0.5, 0.6) is 5.75 Å². The van der Waals surface area contributed by atoms with Crippen molar-refractivity contribution in [3.8, 4) is 5.75 Å². The summed E-state index contributed by atoms with van der Waals surface area (Å²) in [6.45, 7) is 1.98. The summed E-state index contributed by atoms with van der Waals surface area (Å²) in [7, 11) is -6.52. The lowest BCUT2D eigenvalue weighted by atomic mass is 10.2. The summed E-state index contributed by atoms with van der Waals surface area (Å²) in [5.74, 6) is -0.851. The van der Waals surface area contributed by atoms with Gasteiger partial charge >= 0.3 is 0 Å². The second-order valence-corrected chi connectivity index (χ2v) is 10.0. The van der Waals surface area contributed by atoms with Crippen molar-refractivity contribution in [3.05, 3.63) is 53.6 Å². The number of hydrogen-bond donors (Lipinski definition) is 1. The number of rotatable bonds is 6. The number of carbonyl (C=O) groups is 1. The first kappa shape index (κ1) is 20.3. The second-order valence-electron chi connectivity index (χ2n) is 6.37. The third kappa shape index (κ3) is 4.03. The molecule has 1 N–H and O–H groups in total. The van der Waals surface area contributed by atoms with E-state index < -0.39 is 26.0 Å². The summed E-state index contributed by atoms with van der Waals surface area (Å²) in [6, 6.07) is 11.2. The van der Waals surface area contributed by atoms with Gasteiger partial charge in [0, 0.05) is 13.0 Å². The fourth-order valence-corrected chi connectivity index (χ4v) is 5.49. The Kier molecular flexibility index (Phi) is 5.46. The standard InChI is InChI=1S/C18H20N2O6S2/c1-13-3-5-14(6-4-13)12-19-28(24,25)17-11-15(7-8-16(17)26-2)20-18(21)9-10-27(20,22)23/h3-8,11,19H,9-10,12H2,1-2H3. The van der Waals surface area contributed by atoms with Crippen LogP contribution in [0.3, 0.4) is 0 Å². The van der Waals surface area contributed by atoms with Crippen LogP contribution in [0.2, 0.25) is 0 Å². The van der Waals surface area contributed by atoms with Gasteiger partial charge in [0.15, 0.2) is 0 Å². The third-order valence-corrected chi connectivity index (χ3v) is 7.45. The van der Waals surface area contributed by atoms with Gasteiger partial charge in [0.2, 0.25) is 26.0 Å². The van der Waals surface area contributed by atoms with Gasteiger partial charge in [0.25, 0.3) is 0 Å². The van der Waals surface area contributed by atoms with Crippen LogP contribution in [0, 0.1) is 6.92 Å². The fraction of sp³-hybridized carbons (Fsp3) is 0.278. The molecule has 1 amide bonds. The molecule has 0 saturated carbocycles. The molecule has 10 heteroatoms. The summed E-state index contributed by atoms with van der Waals surface area (Å²) in [5, 5.41) is 0. The predicted molar refractivity (Wildman–Crippen MR) is 104 cm³/mol. The van der Waals surface area contributed by atoms with E-state index in [1.54, 1.807) is 12.1 Å². The van der Waals surface area contributed by atoms with Crippen molar-refractivity contribution >= 4 is 31.6 Å². The van der Waals surface area contributed by atoms with E-state index in [9.17, 15) is 21.6 Å². The molecule has 1 aliphatic heterocycles. The van der Waals surface area contributed by atoms with E-state index in [0.717, 1.165) is 17.2 Å². The number of carbonyl (C=O) groups excluding carboxylic acids is 1. The Morgan fingerprint density at radius 2 is 1.82 bits per heavy atom. The molecular formula is C18H20N2O6S2. The number of benzene rings is 2. The SMILES string of the molecule is COc1ccc(N2C(=O)CCS2(=O)=O)cc1S(=O)(=O)NCc1ccc(C)cc1. The minimum atomic E-state index is -4.03. The molecule has 1 fully saturated rings. The molecular weight excluding hydrogens is 404 g/mol. The summed E-state index contributed by atoms with van der Waals surface area (Å²) >= 11 is 0. The van der Waals surface area contributed by atoms with Gasteiger partial charge in [-0.1, -0.05) is 29.8 Å². The first-order valence-corrected chi connectivity index (χ1v) is 11.5. The number of methoxy groups -OCH3 is 1. The Hall–Kier alpha value is -2.43. The minimum absolute atomic E-state index is 0.0287. The molecule has 0 bridgehead atoms. The van der Waals surface area contributed by atoms with Crippen molar-refractivity contribution in [2.24, 2.45) is 0 Å². The summed E-state index contributed by atoms with van der Waals surface area (Å²) in [4.78, 5) is 11.8. The van der Waals surface area contributed by atoms with E-state index in [1.807, 2.05) is 19.1 Å². The van der Waals surface area contributed by atoms with Gasteiger partial charge in [-0.15, -0.1) is 0 Å². The molecule has 0 aromatic heterocycles. The molecule has 28 heavy (non-hydrogen) atoms. The van der Waals surface area contributed by atoms with E-state index >= 15 is 0 Å². The van der Waals surface area contributed by atoms with E-state index in [-0.39, 0.29) is 35.1 Å². The highest BCUT2D eigenvalue weighted by Gasteiger charge is 2.37. The van der Waals surface area contributed by atoms with Gasteiger partial charge in [0.1, 0.15) is 10.6 Å². The van der Waals surface area contributed by atoms with Gasteiger partial charge < -0.3 is 4.74 Å². The Bertz CT molecular complexity index is 1110. The van der Waals surface area contributed by atoms with Crippen LogP contribution >= 0.6 is 0 Å². The van der Waals surface area contributed by atoms with Crippen LogP contribution < -0.4 is 13.8 Å². The highest BCUT2D eigenvalue weighted by atomic mass is 32.2. The molecule has 1 aliphatic rings. The van der Waals surface area contributed by atoms with E-state index in [0.29, 0.717) is 4.31 Å². The maximum atomic E-state index is 12.8. The largest absolute Gasteiger partial charge is 0.495 e. The lowest BCUT2D eigenvalue weighted by molar-refractivity contribution is -0.116. The molecule has 150 valence electrons. The van der Waals surface area contributed by atoms with Crippen LogP contribution in [0.4, 0.5) is 5.69 Å². The van der Waals surface area contributed by atoms with Crippen molar-refractivity contribution in [2.75, 3.05) is 17.2 Å². The van der Waals surface area contributed by atoms with E-state index in [4.69, 9.17) is 4.74 Å². The third-order valence-electron chi connectivity index (χ3n) is 4.34. The van der Waals surface area contributed by atoms with Crippen LogP contribution in [-0.4, -0.2) is 35.6 Å². The van der Waals surface area contributed by atoms with Crippen molar-refractivity contribution < 1.29 is 26.4 Å². The predicted octanol–water partition coefficient (Wildman–Crippen LogP) is 1.55. The topological polar surface area (TPSA) is 110 Å². The molecule has 0 unspecified atom stereocenters. The van der Waals surface area contributed by atoms with Gasteiger partial charge in [-0.25, -0.2) is 25.9 Å². The molecule has 0 atom stereocenters. The number of hydrogen-bond acceptors (Lipinski definition) is 6. The van der Waals surface area contributed by atoms with Crippen LogP contribution in [0.15, 0.2) is 47.4 Å². The monoisotopic (exact) mass is 424 g/mol. The summed E-state index contributed by atoms with van der Waals surface area (Å²) < 4.78 is 58.1. The summed E-state index contributed by atoms with van der Waals surface area (Å²) in [6.07, 6.45) is -0.137. The van der Waals surface area contributed by atoms with Crippen LogP contribution in [0.1, 0.15) is 17.5 Å². The van der Waals surface area contributed by atoms with E-state index in [2.05, 4.69) is 4.72 Å². The smallest absolute Gasteiger partial charge is 0.244 e. The van der Waals surface area contributed by atoms with Gasteiger partial charge in [-0.05, 0) is 30.7 Å². The maximum Gasteiger partial charge on any atom is 0.244 e. The minimum Gasteiger partial charge on any atom is -0.495 e. The molecule has 1 heterocycles. The van der Waals surface area contributed by atoms with Gasteiger partial charge in [-0.3, -0.25) is 4.79 Å². The molecule has 0 radical (unpaired) electrons. The van der Waals surface area contributed by atoms with Crippen molar-refractivity contribution in [2.45, 2.75) is 24.8 Å². The molecule has 0 spiro atoms. The zero-order valence-corrected chi connectivity index (χ0v) is 17.0. The van der Waals surface area contributed by atoms with Crippen LogP contribution in [0.25, 0.3) is 0 Å². The van der Waals surface area contributed by atoms with Crippen LogP contribution in [-0.2, 0) is 31.4 Å². The average molecular weight is 425 g/mol. The lowest BCUT2D eigenvalue weighted by Crippen LogP contribution is -2.30. The number of sulfonamides is 2. The van der Waals surface area contributed by atoms with Crippen molar-refractivity contribution in [1.82, 2.24) is 4.72 Å². The number of anilines is 1. The number of amides is 1. The first-order valence-electron chi connectivity index (χ1n) is 8.43. The number of nitrogens with zero attached hydrogens (tertiary/aromatic N) is 1. The quantitative estimate of drug-likeness (QED) is 0.753. The van der Waals surface area contributed by atoms with Gasteiger partial charge in [0.05, 0.1) is 18.6 Å². The van der Waals surface area contributed by atoms with Crippen molar-refractivity contribution in [3.63, 3.8) is 0 Å². The fourth-order valence-electron chi connectivity index (χ4n) is 2.83. The zero-order chi connectivity index (χ0) is 20.5. The number of ether oxygens (including phenoxy) is 1. The lowest BCUT2D eigenvalue weighted by Gasteiger charge is -2.18. The second kappa shape index (κ2) is 7.53. The molecule has 8 nitrogen and oxygen atoms in total. The van der Waals surface area contributed by atoms with Gasteiger partial charge in [-0.2, -0.15) is 0 Å². The summed E-state index contributed by atoms with van der Waals surface area (Å²) in [5.41, 5.74) is 1.79. The molecule has 2 aromatic carbocycles. The van der Waals surface area contributed by atoms with Crippen molar-refractivity contribution in [1.29, 1.82) is 0 Å². The Morgan fingerprint density at radius 3 is 2.39 bits per heavy atom. The highest BCUT2D eigenvalue weighted by molar-refractivity contribution is 7.94. The Morgan fingerprint density at radius 1 is 1.14 bits per heavy atom. The first-order chi connectivity index (χ1) is 13.1. The molecule has 1 saturated heterocycles. The number of nitrogens with one attached hydrogen (secondary N) is 1. The zero-order valence-electron chi connectivity index (χ0n) is 15.4. The normalized spacial score (nSPS) is 16.4. The Balaban J connectivity index is 1.95. The average Bonchev–Trinajstić information content (AvgIpc) is 2.93. The van der Waals surface area contributed by atoms with E-state index in [1.165, 1.54) is 19.2 Å². The maximum absolute atomic E-state index is 12.8. The molecule has 2 aromatic rings. The number of aryl methyl sites for hydroxylation is 1. The Labute approximate surface area is 164 Å². The molecule has 3 rings (SSSR count). The molecule has 0 aliphatic carbocycles.